The molecule has 2 atom stereocenters. The first-order valence-corrected chi connectivity index (χ1v) is 8.42. The average molecular weight is 326 g/mol. The number of hydrogen-bond acceptors (Lipinski definition) is 4. The van der Waals surface area contributed by atoms with Gasteiger partial charge in [-0.25, -0.2) is 9.78 Å². The smallest absolute Gasteiger partial charge is 0.411 e. The molecule has 4 rings (SSSR count). The highest BCUT2D eigenvalue weighted by Crippen LogP contribution is 2.39. The first-order chi connectivity index (χ1) is 11.4. The maximum atomic E-state index is 12.5. The normalized spacial score (nSPS) is 23.5. The molecule has 1 amide bonds. The van der Waals surface area contributed by atoms with Gasteiger partial charge in [-0.2, -0.15) is 0 Å². The molecule has 2 unspecified atom stereocenters. The summed E-state index contributed by atoms with van der Waals surface area (Å²) in [6.45, 7) is 5.72. The average Bonchev–Trinajstić information content (AvgIpc) is 3.05. The third-order valence-electron chi connectivity index (χ3n) is 4.65. The molecule has 24 heavy (non-hydrogen) atoms. The number of hydrogen-bond donors (Lipinski definition) is 0. The second kappa shape index (κ2) is 5.33. The lowest BCUT2D eigenvalue weighted by Gasteiger charge is -2.35. The number of ether oxygens (including phenoxy) is 1. The second-order valence-electron chi connectivity index (χ2n) is 7.53. The minimum atomic E-state index is -0.463. The number of rotatable bonds is 1. The molecule has 0 radical (unpaired) electrons. The molecule has 6 heteroatoms. The van der Waals surface area contributed by atoms with Crippen LogP contribution in [0.4, 0.5) is 4.79 Å². The van der Waals surface area contributed by atoms with Gasteiger partial charge in [-0.1, -0.05) is 6.08 Å². The molecule has 2 aromatic rings. The van der Waals surface area contributed by atoms with Gasteiger partial charge >= 0.3 is 6.09 Å². The Morgan fingerprint density at radius 3 is 2.88 bits per heavy atom. The van der Waals surface area contributed by atoms with Crippen molar-refractivity contribution in [1.29, 1.82) is 0 Å². The number of fused-ring (bicyclic) bond motifs is 3. The SMILES string of the molecule is CC(C)(C)OC(=O)N1C2C=C(c3cnc4cnccn34)CC1CC2. The van der Waals surface area contributed by atoms with Gasteiger partial charge in [-0.15, -0.1) is 0 Å². The summed E-state index contributed by atoms with van der Waals surface area (Å²) in [4.78, 5) is 23.0. The van der Waals surface area contributed by atoms with Crippen LogP contribution in [0.1, 0.15) is 45.7 Å². The summed E-state index contributed by atoms with van der Waals surface area (Å²) in [6.07, 6.45) is 12.2. The third kappa shape index (κ3) is 2.56. The monoisotopic (exact) mass is 326 g/mol. The minimum absolute atomic E-state index is 0.112. The number of carbonyl (C=O) groups excluding carboxylic acids is 1. The van der Waals surface area contributed by atoms with Crippen molar-refractivity contribution in [3.05, 3.63) is 36.6 Å². The predicted molar refractivity (Wildman–Crippen MR) is 90.5 cm³/mol. The molecule has 2 aromatic heterocycles. The summed E-state index contributed by atoms with van der Waals surface area (Å²) in [6, 6.07) is 0.318. The Kier molecular flexibility index (Phi) is 3.37. The topological polar surface area (TPSA) is 59.7 Å². The number of amides is 1. The highest BCUT2D eigenvalue weighted by Gasteiger charge is 2.42. The Labute approximate surface area is 141 Å². The molecule has 1 fully saturated rings. The van der Waals surface area contributed by atoms with Gasteiger partial charge in [0.15, 0.2) is 5.65 Å². The Morgan fingerprint density at radius 2 is 2.12 bits per heavy atom. The summed E-state index contributed by atoms with van der Waals surface area (Å²) >= 11 is 0. The van der Waals surface area contributed by atoms with Crippen LogP contribution >= 0.6 is 0 Å². The molecule has 2 bridgehead atoms. The van der Waals surface area contributed by atoms with Gasteiger partial charge in [0.05, 0.1) is 24.1 Å². The molecule has 6 nitrogen and oxygen atoms in total. The summed E-state index contributed by atoms with van der Waals surface area (Å²) in [5.41, 5.74) is 2.72. The first kappa shape index (κ1) is 15.2. The molecule has 0 spiro atoms. The van der Waals surface area contributed by atoms with E-state index in [1.54, 1.807) is 12.4 Å². The van der Waals surface area contributed by atoms with E-state index in [1.165, 1.54) is 5.57 Å². The van der Waals surface area contributed by atoms with Crippen LogP contribution in [0.2, 0.25) is 0 Å². The third-order valence-corrected chi connectivity index (χ3v) is 4.65. The zero-order valence-corrected chi connectivity index (χ0v) is 14.3. The number of carbonyl (C=O) groups is 1. The lowest BCUT2D eigenvalue weighted by molar-refractivity contribution is 0.0175. The van der Waals surface area contributed by atoms with Crippen molar-refractivity contribution in [3.63, 3.8) is 0 Å². The quantitative estimate of drug-likeness (QED) is 0.807. The van der Waals surface area contributed by atoms with Gasteiger partial charge in [0.25, 0.3) is 0 Å². The Hall–Kier alpha value is -2.37. The molecule has 0 saturated carbocycles. The van der Waals surface area contributed by atoms with Gasteiger partial charge in [0.2, 0.25) is 0 Å². The number of nitrogens with zero attached hydrogens (tertiary/aromatic N) is 4. The van der Waals surface area contributed by atoms with Crippen molar-refractivity contribution in [2.24, 2.45) is 0 Å². The van der Waals surface area contributed by atoms with Gasteiger partial charge in [0.1, 0.15) is 5.60 Å². The van der Waals surface area contributed by atoms with Crippen molar-refractivity contribution in [2.75, 3.05) is 0 Å². The van der Waals surface area contributed by atoms with Crippen molar-refractivity contribution in [1.82, 2.24) is 19.3 Å². The van der Waals surface area contributed by atoms with Gasteiger partial charge in [-0.3, -0.25) is 14.3 Å². The fourth-order valence-corrected chi connectivity index (χ4v) is 3.70. The summed E-state index contributed by atoms with van der Waals surface area (Å²) < 4.78 is 7.64. The minimum Gasteiger partial charge on any atom is -0.444 e. The van der Waals surface area contributed by atoms with Crippen molar-refractivity contribution >= 4 is 17.3 Å². The van der Waals surface area contributed by atoms with Gasteiger partial charge in [0, 0.05) is 18.4 Å². The van der Waals surface area contributed by atoms with Crippen molar-refractivity contribution in [2.45, 2.75) is 57.7 Å². The van der Waals surface area contributed by atoms with Crippen molar-refractivity contribution in [3.8, 4) is 0 Å². The number of imidazole rings is 1. The van der Waals surface area contributed by atoms with Crippen LogP contribution in [0, 0.1) is 0 Å². The van der Waals surface area contributed by atoms with Crippen LogP contribution in [-0.2, 0) is 4.74 Å². The van der Waals surface area contributed by atoms with Crippen LogP contribution in [0.15, 0.2) is 30.9 Å². The standard InChI is InChI=1S/C18H22N4O2/c1-18(2,3)24-17(23)22-13-4-5-14(22)9-12(8-13)15-10-20-16-11-19-6-7-21(15)16/h6-8,10-11,13-14H,4-5,9H2,1-3H3. The fourth-order valence-electron chi connectivity index (χ4n) is 3.70. The fraction of sp³-hybridized carbons (Fsp3) is 0.500. The van der Waals surface area contributed by atoms with E-state index >= 15 is 0 Å². The van der Waals surface area contributed by atoms with Crippen LogP contribution in [0.5, 0.6) is 0 Å². The molecule has 0 aliphatic carbocycles. The van der Waals surface area contributed by atoms with Gasteiger partial charge in [-0.05, 0) is 45.6 Å². The van der Waals surface area contributed by atoms with Crippen molar-refractivity contribution < 1.29 is 9.53 Å². The van der Waals surface area contributed by atoms with E-state index in [9.17, 15) is 4.79 Å². The van der Waals surface area contributed by atoms with E-state index in [1.807, 2.05) is 38.1 Å². The molecule has 4 heterocycles. The zero-order valence-electron chi connectivity index (χ0n) is 14.3. The first-order valence-electron chi connectivity index (χ1n) is 8.42. The van der Waals surface area contributed by atoms with Crippen LogP contribution in [0.25, 0.3) is 11.2 Å². The van der Waals surface area contributed by atoms with Crippen LogP contribution < -0.4 is 0 Å². The highest BCUT2D eigenvalue weighted by atomic mass is 16.6. The summed E-state index contributed by atoms with van der Waals surface area (Å²) in [5, 5.41) is 0. The Balaban J connectivity index is 1.63. The zero-order chi connectivity index (χ0) is 16.9. The summed E-state index contributed by atoms with van der Waals surface area (Å²) in [5.74, 6) is 0. The molecule has 1 saturated heterocycles. The van der Waals surface area contributed by atoms with E-state index in [0.717, 1.165) is 30.6 Å². The molecule has 2 aliphatic rings. The molecule has 0 aromatic carbocycles. The molecular weight excluding hydrogens is 304 g/mol. The van der Waals surface area contributed by atoms with E-state index in [4.69, 9.17) is 4.74 Å². The molecular formula is C18H22N4O2. The lowest BCUT2D eigenvalue weighted by atomic mass is 9.99. The number of aromatic nitrogens is 3. The van der Waals surface area contributed by atoms with E-state index in [-0.39, 0.29) is 18.2 Å². The van der Waals surface area contributed by atoms with E-state index in [0.29, 0.717) is 0 Å². The Morgan fingerprint density at radius 1 is 1.29 bits per heavy atom. The van der Waals surface area contributed by atoms with Gasteiger partial charge < -0.3 is 4.74 Å². The van der Waals surface area contributed by atoms with E-state index in [2.05, 4.69) is 20.4 Å². The lowest BCUT2D eigenvalue weighted by Crippen LogP contribution is -2.45. The summed E-state index contributed by atoms with van der Waals surface area (Å²) in [7, 11) is 0. The van der Waals surface area contributed by atoms with E-state index < -0.39 is 5.60 Å². The highest BCUT2D eigenvalue weighted by molar-refractivity contribution is 5.75. The predicted octanol–water partition coefficient (Wildman–Crippen LogP) is 3.28. The molecule has 126 valence electrons. The molecule has 2 aliphatic heterocycles. The molecule has 0 N–H and O–H groups in total. The van der Waals surface area contributed by atoms with Crippen LogP contribution in [0.3, 0.4) is 0 Å². The second-order valence-corrected chi connectivity index (χ2v) is 7.53. The maximum Gasteiger partial charge on any atom is 0.411 e. The largest absolute Gasteiger partial charge is 0.444 e. The Bertz CT molecular complexity index is 818. The maximum absolute atomic E-state index is 12.5. The van der Waals surface area contributed by atoms with Crippen LogP contribution in [-0.4, -0.2) is 43.0 Å².